The molecule has 4 rings (SSSR count). The van der Waals surface area contributed by atoms with E-state index in [-0.39, 0.29) is 26.2 Å². The van der Waals surface area contributed by atoms with Crippen LogP contribution in [-0.4, -0.2) is 10.2 Å². The van der Waals surface area contributed by atoms with Gasteiger partial charge in [-0.15, -0.1) is 0 Å². The van der Waals surface area contributed by atoms with E-state index in [0.717, 1.165) is 22.3 Å². The van der Waals surface area contributed by atoms with Gasteiger partial charge >= 0.3 is 16.5 Å². The topological polar surface area (TPSA) is 80.3 Å². The van der Waals surface area contributed by atoms with Crippen LogP contribution in [0.4, 0.5) is 0 Å². The maximum Gasteiger partial charge on any atom is 2.00 e. The van der Waals surface area contributed by atoms with E-state index < -0.39 is 0 Å². The average molecular weight is 469 g/mol. The number of aromatic nitrogens is 4. The third kappa shape index (κ3) is 5.82. The van der Waals surface area contributed by atoms with Crippen molar-refractivity contribution in [2.24, 2.45) is 0 Å². The molecular formula is C20H18N4NiO2S2. The predicted molar refractivity (Wildman–Crippen MR) is 111 cm³/mol. The van der Waals surface area contributed by atoms with Gasteiger partial charge in [0.2, 0.25) is 11.8 Å². The van der Waals surface area contributed by atoms with Gasteiger partial charge in [-0.05, 0) is 51.0 Å². The van der Waals surface area contributed by atoms with Crippen LogP contribution in [0.3, 0.4) is 0 Å². The molecule has 2 aromatic heterocycles. The maximum absolute atomic E-state index is 5.18. The molecule has 6 nitrogen and oxygen atoms in total. The summed E-state index contributed by atoms with van der Waals surface area (Å²) in [7, 11) is 0. The maximum atomic E-state index is 5.18. The third-order valence-electron chi connectivity index (χ3n) is 4.04. The molecule has 0 saturated heterocycles. The Kier molecular flexibility index (Phi) is 7.84. The smallest absolute Gasteiger partial charge is 0.532 e. The van der Waals surface area contributed by atoms with Crippen LogP contribution in [0.2, 0.25) is 0 Å². The van der Waals surface area contributed by atoms with Gasteiger partial charge in [-0.1, -0.05) is 59.8 Å². The van der Waals surface area contributed by atoms with Crippen LogP contribution in [0.1, 0.15) is 22.3 Å². The molecule has 0 aliphatic heterocycles. The Hall–Kier alpha value is -2.35. The normalized spacial score (nSPS) is 10.1. The second-order valence-electron chi connectivity index (χ2n) is 6.38. The first-order valence-corrected chi connectivity index (χ1v) is 9.31. The number of hydrogen-bond acceptors (Lipinski definition) is 6. The fourth-order valence-electron chi connectivity index (χ4n) is 2.74. The molecule has 0 unspecified atom stereocenters. The number of rotatable bonds is 2. The molecule has 0 N–H and O–H groups in total. The summed E-state index contributed by atoms with van der Waals surface area (Å²) in [4.78, 5) is 0.361. The minimum atomic E-state index is 0. The van der Waals surface area contributed by atoms with E-state index in [1.165, 1.54) is 11.1 Å². The van der Waals surface area contributed by atoms with Gasteiger partial charge in [-0.2, -0.15) is 0 Å². The molecule has 2 aromatic carbocycles. The summed E-state index contributed by atoms with van der Waals surface area (Å²) >= 11 is 9.52. The van der Waals surface area contributed by atoms with Crippen molar-refractivity contribution in [1.82, 2.24) is 20.4 Å². The molecule has 0 atom stereocenters. The number of aryl methyl sites for hydroxylation is 4. The van der Waals surface area contributed by atoms with Crippen molar-refractivity contribution in [3.63, 3.8) is 0 Å². The molecule has 0 fully saturated rings. The van der Waals surface area contributed by atoms with Gasteiger partial charge in [0.15, 0.2) is 0 Å². The monoisotopic (exact) mass is 468 g/mol. The first-order chi connectivity index (χ1) is 13.3. The van der Waals surface area contributed by atoms with Crippen LogP contribution < -0.4 is 10.2 Å². The van der Waals surface area contributed by atoms with Crippen LogP contribution in [0.5, 0.6) is 0 Å². The zero-order valence-corrected chi connectivity index (χ0v) is 18.8. The molecular weight excluding hydrogens is 451 g/mol. The third-order valence-corrected chi connectivity index (χ3v) is 4.37. The number of nitrogens with zero attached hydrogens (tertiary/aromatic N) is 4. The molecule has 2 heterocycles. The van der Waals surface area contributed by atoms with Gasteiger partial charge in [-0.3, -0.25) is 0 Å². The quantitative estimate of drug-likeness (QED) is 0.290. The summed E-state index contributed by atoms with van der Waals surface area (Å²) in [5.41, 5.74) is 6.54. The minimum absolute atomic E-state index is 0. The first kappa shape index (κ1) is 22.9. The Morgan fingerprint density at radius 2 is 1.07 bits per heavy atom. The summed E-state index contributed by atoms with van der Waals surface area (Å²) < 4.78 is 10.4. The summed E-state index contributed by atoms with van der Waals surface area (Å²) in [6.07, 6.45) is 0. The van der Waals surface area contributed by atoms with Gasteiger partial charge in [-0.25, -0.2) is 0 Å². The Morgan fingerprint density at radius 3 is 1.34 bits per heavy atom. The van der Waals surface area contributed by atoms with E-state index in [1.54, 1.807) is 0 Å². The van der Waals surface area contributed by atoms with Crippen molar-refractivity contribution in [2.45, 2.75) is 27.7 Å². The van der Waals surface area contributed by atoms with Gasteiger partial charge in [0.05, 0.1) is 0 Å². The molecule has 4 aromatic rings. The van der Waals surface area contributed by atoms with Gasteiger partial charge in [0.1, 0.15) is 9.67 Å². The number of benzene rings is 2. The fraction of sp³-hybridized carbons (Fsp3) is 0.200. The molecule has 0 amide bonds. The Balaban J connectivity index is 0.000000200. The molecule has 152 valence electrons. The summed E-state index contributed by atoms with van der Waals surface area (Å²) in [5, 5.41) is 15.0. The summed E-state index contributed by atoms with van der Waals surface area (Å²) in [6.45, 7) is 8.11. The van der Waals surface area contributed by atoms with E-state index in [2.05, 4.69) is 32.5 Å². The Morgan fingerprint density at radius 1 is 0.690 bits per heavy atom. The zero-order valence-electron chi connectivity index (χ0n) is 16.2. The van der Waals surface area contributed by atoms with Crippen LogP contribution in [0.15, 0.2) is 45.2 Å². The van der Waals surface area contributed by atoms with Gasteiger partial charge < -0.3 is 29.2 Å². The van der Waals surface area contributed by atoms with Crippen LogP contribution in [0.25, 0.3) is 22.9 Å². The van der Waals surface area contributed by atoms with E-state index >= 15 is 0 Å². The number of hydrogen-bond donors (Lipinski definition) is 0. The second kappa shape index (κ2) is 9.92. The van der Waals surface area contributed by atoms with E-state index in [9.17, 15) is 0 Å². The van der Waals surface area contributed by atoms with Crippen molar-refractivity contribution >= 4 is 24.4 Å². The summed E-state index contributed by atoms with van der Waals surface area (Å²) in [6, 6.07) is 12.1. The predicted octanol–water partition coefficient (Wildman–Crippen LogP) is 5.29. The van der Waals surface area contributed by atoms with Crippen molar-refractivity contribution in [1.29, 1.82) is 0 Å². The Bertz CT molecular complexity index is 1130. The molecule has 0 bridgehead atoms. The van der Waals surface area contributed by atoms with Gasteiger partial charge in [0, 0.05) is 11.1 Å². The average Bonchev–Trinajstić information content (AvgIpc) is 3.24. The van der Waals surface area contributed by atoms with E-state index in [0.29, 0.717) is 11.8 Å². The van der Waals surface area contributed by atoms with E-state index in [1.807, 2.05) is 52.0 Å². The van der Waals surface area contributed by atoms with Gasteiger partial charge in [0.25, 0.3) is 0 Å². The first-order valence-electron chi connectivity index (χ1n) is 8.50. The largest absolute Gasteiger partial charge is 2.00 e. The molecule has 29 heavy (non-hydrogen) atoms. The molecule has 0 aliphatic rings. The summed E-state index contributed by atoms with van der Waals surface area (Å²) in [5.74, 6) is 0.986. The fourth-order valence-corrected chi connectivity index (χ4v) is 2.98. The van der Waals surface area contributed by atoms with Crippen LogP contribution in [0, 0.1) is 37.4 Å². The van der Waals surface area contributed by atoms with E-state index in [4.69, 9.17) is 33.3 Å². The van der Waals surface area contributed by atoms with Crippen LogP contribution >= 0.6 is 24.4 Å². The molecule has 0 radical (unpaired) electrons. The molecule has 0 aliphatic carbocycles. The van der Waals surface area contributed by atoms with Crippen molar-refractivity contribution < 1.29 is 25.3 Å². The Labute approximate surface area is 188 Å². The minimum Gasteiger partial charge on any atom is -0.532 e. The SMILES string of the molecule is Cc1ccc(-c2n[n-]c(=S)o2)c(C)c1.Cc1ccc(-c2n[n-]c(=S)o2)c(C)c1.[Ni+2]. The second-order valence-corrected chi connectivity index (χ2v) is 7.08. The van der Waals surface area contributed by atoms with Crippen molar-refractivity contribution in [2.75, 3.05) is 0 Å². The van der Waals surface area contributed by atoms with Crippen molar-refractivity contribution in [3.05, 3.63) is 68.3 Å². The molecule has 9 heteroatoms. The zero-order chi connectivity index (χ0) is 20.3. The van der Waals surface area contributed by atoms with Crippen molar-refractivity contribution in [3.8, 4) is 22.9 Å². The van der Waals surface area contributed by atoms with Crippen LogP contribution in [-0.2, 0) is 16.5 Å². The molecule has 0 spiro atoms. The molecule has 0 saturated carbocycles. The standard InChI is InChI=1S/2C10H10N2OS.Ni/c2*1-6-3-4-8(7(2)5-6)9-11-12-10(14)13-9;/h2*3-5H,1-2H3,(H,12,14);/q;;+2/p-2.